The number of aromatic nitrogens is 2. The molecule has 0 saturated heterocycles. The molecule has 2 heterocycles. The monoisotopic (exact) mass is 363 g/mol. The zero-order valence-electron chi connectivity index (χ0n) is 15.4. The van der Waals surface area contributed by atoms with Gasteiger partial charge in [0, 0.05) is 38.8 Å². The molecule has 1 aliphatic carbocycles. The first-order valence-electron chi connectivity index (χ1n) is 9.04. The maximum atomic E-state index is 13.1. The maximum absolute atomic E-state index is 13.1. The number of rotatable bonds is 4. The molecule has 0 unspecified atom stereocenters. The van der Waals surface area contributed by atoms with Gasteiger partial charge in [0.15, 0.2) is 5.78 Å². The third-order valence-corrected chi connectivity index (χ3v) is 4.90. The first kappa shape index (κ1) is 17.3. The van der Waals surface area contributed by atoms with Crippen LogP contribution in [-0.4, -0.2) is 33.4 Å². The molecule has 6 nitrogen and oxygen atoms in total. The van der Waals surface area contributed by atoms with Crippen molar-refractivity contribution in [3.05, 3.63) is 70.9 Å². The fourth-order valence-electron chi connectivity index (χ4n) is 3.62. The molecule has 0 N–H and O–H groups in total. The van der Waals surface area contributed by atoms with Crippen LogP contribution in [0.4, 0.5) is 0 Å². The Morgan fingerprint density at radius 1 is 1.30 bits per heavy atom. The minimum absolute atomic E-state index is 0.00512. The van der Waals surface area contributed by atoms with Crippen LogP contribution in [0.1, 0.15) is 50.6 Å². The van der Waals surface area contributed by atoms with Crippen LogP contribution >= 0.6 is 0 Å². The number of hydrogen-bond acceptors (Lipinski definition) is 4. The van der Waals surface area contributed by atoms with E-state index in [-0.39, 0.29) is 11.7 Å². The molecule has 3 aromatic rings. The first-order valence-corrected chi connectivity index (χ1v) is 9.04. The van der Waals surface area contributed by atoms with E-state index >= 15 is 0 Å². The molecular weight excluding hydrogens is 342 g/mol. The molecule has 0 bridgehead atoms. The number of amides is 1. The van der Waals surface area contributed by atoms with Crippen molar-refractivity contribution in [2.75, 3.05) is 7.05 Å². The third-order valence-electron chi connectivity index (χ3n) is 4.90. The summed E-state index contributed by atoms with van der Waals surface area (Å²) in [6.07, 6.45) is 5.57. The fourth-order valence-corrected chi connectivity index (χ4v) is 3.62. The lowest BCUT2D eigenvalue weighted by atomic mass is 9.93. The van der Waals surface area contributed by atoms with E-state index in [0.29, 0.717) is 42.0 Å². The number of furan rings is 1. The summed E-state index contributed by atoms with van der Waals surface area (Å²) >= 11 is 0. The molecule has 0 aliphatic heterocycles. The largest absolute Gasteiger partial charge is 0.465 e. The number of ketones is 1. The Labute approximate surface area is 157 Å². The number of benzene rings is 1. The Bertz CT molecular complexity index is 1000. The van der Waals surface area contributed by atoms with Gasteiger partial charge in [0.25, 0.3) is 5.91 Å². The lowest BCUT2D eigenvalue weighted by Gasteiger charge is -2.19. The highest BCUT2D eigenvalue weighted by atomic mass is 16.3. The van der Waals surface area contributed by atoms with Crippen molar-refractivity contribution in [1.82, 2.24) is 14.7 Å². The van der Waals surface area contributed by atoms with Crippen LogP contribution < -0.4 is 0 Å². The van der Waals surface area contributed by atoms with Gasteiger partial charge in [-0.1, -0.05) is 12.1 Å². The molecule has 1 amide bonds. The molecule has 2 aromatic heterocycles. The summed E-state index contributed by atoms with van der Waals surface area (Å²) < 4.78 is 7.50. The highest BCUT2D eigenvalue weighted by Crippen LogP contribution is 2.30. The molecule has 0 radical (unpaired) electrons. The smallest absolute Gasteiger partial charge is 0.258 e. The van der Waals surface area contributed by atoms with Crippen LogP contribution in [-0.2, 0) is 13.0 Å². The van der Waals surface area contributed by atoms with Gasteiger partial charge in [-0.05, 0) is 37.1 Å². The molecule has 1 aliphatic rings. The Hall–Kier alpha value is -3.15. The van der Waals surface area contributed by atoms with E-state index in [1.807, 2.05) is 36.5 Å². The van der Waals surface area contributed by atoms with E-state index in [2.05, 4.69) is 5.10 Å². The summed E-state index contributed by atoms with van der Waals surface area (Å²) in [5.74, 6) is 1.00. The minimum atomic E-state index is -0.183. The fraction of sp³-hybridized carbons (Fsp3) is 0.286. The first-order chi connectivity index (χ1) is 13.0. The predicted molar refractivity (Wildman–Crippen MR) is 100 cm³/mol. The number of carbonyl (C=O) groups excluding carboxylic acids is 2. The average Bonchev–Trinajstić information content (AvgIpc) is 3.29. The molecule has 0 fully saturated rings. The second-order valence-electron chi connectivity index (χ2n) is 6.89. The van der Waals surface area contributed by atoms with Crippen LogP contribution in [0, 0.1) is 6.92 Å². The molecule has 1 aromatic carbocycles. The van der Waals surface area contributed by atoms with E-state index in [1.54, 1.807) is 29.7 Å². The van der Waals surface area contributed by atoms with Crippen molar-refractivity contribution in [2.24, 2.45) is 0 Å². The summed E-state index contributed by atoms with van der Waals surface area (Å²) in [6, 6.07) is 9.75. The van der Waals surface area contributed by atoms with Crippen molar-refractivity contribution < 1.29 is 14.0 Å². The van der Waals surface area contributed by atoms with Gasteiger partial charge < -0.3 is 9.32 Å². The van der Waals surface area contributed by atoms with Crippen LogP contribution in [0.5, 0.6) is 0 Å². The predicted octanol–water partition coefficient (Wildman–Crippen LogP) is 3.56. The Morgan fingerprint density at radius 2 is 2.15 bits per heavy atom. The van der Waals surface area contributed by atoms with Crippen molar-refractivity contribution in [1.29, 1.82) is 0 Å². The summed E-state index contributed by atoms with van der Waals surface area (Å²) in [4.78, 5) is 27.0. The van der Waals surface area contributed by atoms with Gasteiger partial charge in [-0.25, -0.2) is 4.68 Å². The number of Topliss-reactive ketones (excluding diaryl/α,β-unsaturated/α-hetero) is 1. The van der Waals surface area contributed by atoms with Gasteiger partial charge in [-0.2, -0.15) is 5.10 Å². The SMILES string of the molecule is Cc1oc2c(c1C(=O)N(C)Cc1cccc(-n3cccn3)c1)C(=O)CCC2. The Balaban J connectivity index is 1.59. The van der Waals surface area contributed by atoms with E-state index < -0.39 is 0 Å². The summed E-state index contributed by atoms with van der Waals surface area (Å²) in [6.45, 7) is 2.19. The molecule has 4 rings (SSSR count). The standard InChI is InChI=1S/C21H21N3O3/c1-14-19(20-17(25)8-4-9-18(20)27-14)21(26)23(2)13-15-6-3-7-16(12-15)24-11-5-10-22-24/h3,5-7,10-12H,4,8-9,13H2,1-2H3. The van der Waals surface area contributed by atoms with Crippen LogP contribution in [0.2, 0.25) is 0 Å². The highest BCUT2D eigenvalue weighted by molar-refractivity contribution is 6.09. The average molecular weight is 363 g/mol. The molecule has 0 saturated carbocycles. The normalized spacial score (nSPS) is 13.5. The van der Waals surface area contributed by atoms with Gasteiger partial charge in [-0.3, -0.25) is 9.59 Å². The van der Waals surface area contributed by atoms with Crippen LogP contribution in [0.15, 0.2) is 47.1 Å². The molecule has 138 valence electrons. The Kier molecular flexibility index (Phi) is 4.39. The highest BCUT2D eigenvalue weighted by Gasteiger charge is 2.31. The second kappa shape index (κ2) is 6.87. The quantitative estimate of drug-likeness (QED) is 0.711. The van der Waals surface area contributed by atoms with Crippen molar-refractivity contribution in [2.45, 2.75) is 32.7 Å². The third kappa shape index (κ3) is 3.18. The number of nitrogens with zero attached hydrogens (tertiary/aromatic N) is 3. The van der Waals surface area contributed by atoms with Crippen LogP contribution in [0.25, 0.3) is 5.69 Å². The molecule has 6 heteroatoms. The van der Waals surface area contributed by atoms with Crippen molar-refractivity contribution >= 4 is 11.7 Å². The topological polar surface area (TPSA) is 68.3 Å². The van der Waals surface area contributed by atoms with Crippen LogP contribution in [0.3, 0.4) is 0 Å². The van der Waals surface area contributed by atoms with Gasteiger partial charge in [0.05, 0.1) is 16.8 Å². The maximum Gasteiger partial charge on any atom is 0.258 e. The van der Waals surface area contributed by atoms with E-state index in [0.717, 1.165) is 17.7 Å². The van der Waals surface area contributed by atoms with Gasteiger partial charge in [0.1, 0.15) is 11.5 Å². The van der Waals surface area contributed by atoms with E-state index in [4.69, 9.17) is 4.42 Å². The zero-order chi connectivity index (χ0) is 19.0. The zero-order valence-corrected chi connectivity index (χ0v) is 15.4. The lowest BCUT2D eigenvalue weighted by molar-refractivity contribution is 0.0777. The van der Waals surface area contributed by atoms with Gasteiger partial charge >= 0.3 is 0 Å². The van der Waals surface area contributed by atoms with Gasteiger partial charge in [0.2, 0.25) is 0 Å². The molecular formula is C21H21N3O3. The summed E-state index contributed by atoms with van der Waals surface area (Å²) in [7, 11) is 1.75. The van der Waals surface area contributed by atoms with E-state index in [9.17, 15) is 9.59 Å². The van der Waals surface area contributed by atoms with Crippen molar-refractivity contribution in [3.63, 3.8) is 0 Å². The van der Waals surface area contributed by atoms with Gasteiger partial charge in [-0.15, -0.1) is 0 Å². The second-order valence-corrected chi connectivity index (χ2v) is 6.89. The molecule has 0 spiro atoms. The minimum Gasteiger partial charge on any atom is -0.465 e. The summed E-state index contributed by atoms with van der Waals surface area (Å²) in [5.41, 5.74) is 2.83. The number of carbonyl (C=O) groups is 2. The lowest BCUT2D eigenvalue weighted by Crippen LogP contribution is -2.28. The number of fused-ring (bicyclic) bond motifs is 1. The van der Waals surface area contributed by atoms with Crippen molar-refractivity contribution in [3.8, 4) is 5.69 Å². The molecule has 0 atom stereocenters. The summed E-state index contributed by atoms with van der Waals surface area (Å²) in [5, 5.41) is 4.24. The number of hydrogen-bond donors (Lipinski definition) is 0. The Morgan fingerprint density at radius 3 is 2.93 bits per heavy atom. The van der Waals surface area contributed by atoms with E-state index in [1.165, 1.54) is 0 Å². The molecule has 27 heavy (non-hydrogen) atoms. The number of aryl methyl sites for hydroxylation is 2.